The molecule has 1 aromatic carbocycles. The van der Waals surface area contributed by atoms with Gasteiger partial charge in [0.25, 0.3) is 5.56 Å². The van der Waals surface area contributed by atoms with E-state index in [2.05, 4.69) is 10.00 Å². The van der Waals surface area contributed by atoms with Crippen LogP contribution in [0.3, 0.4) is 0 Å². The summed E-state index contributed by atoms with van der Waals surface area (Å²) in [6.07, 6.45) is 0. The van der Waals surface area contributed by atoms with E-state index in [1.54, 1.807) is 42.2 Å². The lowest BCUT2D eigenvalue weighted by atomic mass is 10.0. The van der Waals surface area contributed by atoms with Crippen molar-refractivity contribution in [2.45, 2.75) is 19.4 Å². The Morgan fingerprint density at radius 2 is 1.77 bits per heavy atom. The third-order valence-electron chi connectivity index (χ3n) is 5.46. The van der Waals surface area contributed by atoms with Crippen LogP contribution in [0.25, 0.3) is 10.6 Å². The smallest absolute Gasteiger partial charge is 0.267 e. The van der Waals surface area contributed by atoms with E-state index in [0.717, 1.165) is 10.6 Å². The van der Waals surface area contributed by atoms with Gasteiger partial charge in [0.2, 0.25) is 5.91 Å². The molecule has 0 saturated carbocycles. The van der Waals surface area contributed by atoms with E-state index in [1.807, 2.05) is 29.6 Å². The van der Waals surface area contributed by atoms with E-state index in [0.29, 0.717) is 41.9 Å². The molecular formula is C22H22Cl2N4O2S. The highest BCUT2D eigenvalue weighted by molar-refractivity contribution is 7.13. The minimum Gasteiger partial charge on any atom is -0.368 e. The Bertz CT molecular complexity index is 1150. The van der Waals surface area contributed by atoms with Gasteiger partial charge in [0.05, 0.1) is 14.9 Å². The first-order valence-corrected chi connectivity index (χ1v) is 11.5. The van der Waals surface area contributed by atoms with Crippen LogP contribution in [0, 0.1) is 0 Å². The molecule has 1 saturated heterocycles. The molecule has 0 aliphatic carbocycles. The number of anilines is 1. The lowest BCUT2D eigenvalue weighted by molar-refractivity contribution is -0.140. The summed E-state index contributed by atoms with van der Waals surface area (Å²) in [5.41, 5.74) is 0.256. The average Bonchev–Trinajstić information content (AvgIpc) is 3.30. The molecule has 0 bridgehead atoms. The molecule has 1 amide bonds. The van der Waals surface area contributed by atoms with Crippen molar-refractivity contribution in [3.8, 4) is 10.6 Å². The van der Waals surface area contributed by atoms with E-state index in [4.69, 9.17) is 23.2 Å². The Balaban J connectivity index is 1.51. The maximum atomic E-state index is 13.4. The van der Waals surface area contributed by atoms with Crippen LogP contribution in [0.4, 0.5) is 5.69 Å². The van der Waals surface area contributed by atoms with Gasteiger partial charge in [-0.3, -0.25) is 9.59 Å². The van der Waals surface area contributed by atoms with Gasteiger partial charge in [0, 0.05) is 37.9 Å². The monoisotopic (exact) mass is 476 g/mol. The minimum atomic E-state index is -1.10. The first kappa shape index (κ1) is 21.9. The van der Waals surface area contributed by atoms with Crippen molar-refractivity contribution < 1.29 is 4.79 Å². The molecule has 2 aromatic heterocycles. The van der Waals surface area contributed by atoms with Gasteiger partial charge in [-0.15, -0.1) is 11.3 Å². The van der Waals surface area contributed by atoms with Gasteiger partial charge in [-0.2, -0.15) is 5.10 Å². The molecule has 0 radical (unpaired) electrons. The van der Waals surface area contributed by atoms with Gasteiger partial charge >= 0.3 is 0 Å². The number of hydrogen-bond donors (Lipinski definition) is 0. The summed E-state index contributed by atoms with van der Waals surface area (Å²) in [4.78, 5) is 30.9. The quantitative estimate of drug-likeness (QED) is 0.560. The third kappa shape index (κ3) is 4.35. The summed E-state index contributed by atoms with van der Waals surface area (Å²) in [6, 6.07) is 12.6. The fourth-order valence-corrected chi connectivity index (χ4v) is 4.68. The number of nitrogens with zero attached hydrogens (tertiary/aromatic N) is 4. The highest BCUT2D eigenvalue weighted by Gasteiger charge is 2.37. The lowest BCUT2D eigenvalue weighted by Crippen LogP contribution is -2.56. The Morgan fingerprint density at radius 1 is 1.03 bits per heavy atom. The highest BCUT2D eigenvalue weighted by atomic mass is 35.5. The molecule has 1 aliphatic rings. The van der Waals surface area contributed by atoms with Crippen molar-refractivity contribution in [2.75, 3.05) is 31.1 Å². The molecule has 4 rings (SSSR count). The van der Waals surface area contributed by atoms with Crippen molar-refractivity contribution in [3.05, 3.63) is 68.2 Å². The number of benzene rings is 1. The molecule has 31 heavy (non-hydrogen) atoms. The summed E-state index contributed by atoms with van der Waals surface area (Å²) in [5.74, 6) is -0.126. The molecule has 9 heteroatoms. The second-order valence-corrected chi connectivity index (χ2v) is 9.64. The van der Waals surface area contributed by atoms with Crippen LogP contribution < -0.4 is 10.5 Å². The number of carbonyl (C=O) groups is 1. The molecular weight excluding hydrogens is 455 g/mol. The van der Waals surface area contributed by atoms with Crippen molar-refractivity contribution in [1.29, 1.82) is 0 Å². The number of halogens is 2. The number of thiophene rings is 1. The predicted octanol–water partition coefficient (Wildman–Crippen LogP) is 4.36. The average molecular weight is 477 g/mol. The topological polar surface area (TPSA) is 58.4 Å². The standard InChI is InChI=1S/C22H22Cl2N4O2S/c1-22(2,28-20(29)8-7-18(25-28)19-4-3-13-31-19)21(30)27-11-9-26(10-12-27)15-5-6-16(23)17(24)14-15/h3-8,13-14H,9-12H2,1-2H3. The van der Waals surface area contributed by atoms with Crippen LogP contribution >= 0.6 is 34.5 Å². The zero-order valence-corrected chi connectivity index (χ0v) is 19.5. The summed E-state index contributed by atoms with van der Waals surface area (Å²) < 4.78 is 1.30. The number of rotatable bonds is 4. The second kappa shape index (κ2) is 8.65. The SMILES string of the molecule is CC(C)(C(=O)N1CCN(c2ccc(Cl)c(Cl)c2)CC1)n1nc(-c2cccs2)ccc1=O. The van der Waals surface area contributed by atoms with Gasteiger partial charge in [-0.05, 0) is 49.6 Å². The fraction of sp³-hybridized carbons (Fsp3) is 0.318. The first-order valence-electron chi connectivity index (χ1n) is 9.91. The maximum absolute atomic E-state index is 13.4. The number of aromatic nitrogens is 2. The molecule has 3 heterocycles. The fourth-order valence-electron chi connectivity index (χ4n) is 3.69. The number of carbonyl (C=O) groups excluding carboxylic acids is 1. The zero-order chi connectivity index (χ0) is 22.2. The van der Waals surface area contributed by atoms with Gasteiger partial charge in [-0.1, -0.05) is 29.3 Å². The van der Waals surface area contributed by atoms with Crippen molar-refractivity contribution in [3.63, 3.8) is 0 Å². The molecule has 0 unspecified atom stereocenters. The molecule has 162 valence electrons. The molecule has 0 atom stereocenters. The van der Waals surface area contributed by atoms with Crippen LogP contribution in [0.1, 0.15) is 13.8 Å². The van der Waals surface area contributed by atoms with Gasteiger partial charge in [-0.25, -0.2) is 4.68 Å². The summed E-state index contributed by atoms with van der Waals surface area (Å²) in [7, 11) is 0. The number of piperazine rings is 1. The molecule has 6 nitrogen and oxygen atoms in total. The van der Waals surface area contributed by atoms with Crippen LogP contribution in [-0.2, 0) is 10.3 Å². The summed E-state index contributed by atoms with van der Waals surface area (Å²) in [5, 5.41) is 7.49. The van der Waals surface area contributed by atoms with E-state index in [-0.39, 0.29) is 11.5 Å². The van der Waals surface area contributed by atoms with Gasteiger partial charge in [0.1, 0.15) is 11.2 Å². The first-order chi connectivity index (χ1) is 14.8. The molecule has 0 spiro atoms. The highest BCUT2D eigenvalue weighted by Crippen LogP contribution is 2.28. The molecule has 0 N–H and O–H groups in total. The maximum Gasteiger partial charge on any atom is 0.267 e. The zero-order valence-electron chi connectivity index (χ0n) is 17.2. The van der Waals surface area contributed by atoms with Gasteiger partial charge in [0.15, 0.2) is 0 Å². The van der Waals surface area contributed by atoms with Crippen molar-refractivity contribution in [2.24, 2.45) is 0 Å². The molecule has 3 aromatic rings. The number of hydrogen-bond acceptors (Lipinski definition) is 5. The Hall–Kier alpha value is -2.35. The summed E-state index contributed by atoms with van der Waals surface area (Å²) >= 11 is 13.7. The van der Waals surface area contributed by atoms with E-state index in [9.17, 15) is 9.59 Å². The molecule has 1 fully saturated rings. The second-order valence-electron chi connectivity index (χ2n) is 7.88. The van der Waals surface area contributed by atoms with E-state index >= 15 is 0 Å². The minimum absolute atomic E-state index is 0.126. The van der Waals surface area contributed by atoms with E-state index in [1.165, 1.54) is 10.7 Å². The Labute approximate surface area is 194 Å². The largest absolute Gasteiger partial charge is 0.368 e. The van der Waals surface area contributed by atoms with Crippen LogP contribution in [-0.4, -0.2) is 46.8 Å². The third-order valence-corrected chi connectivity index (χ3v) is 7.09. The molecule has 1 aliphatic heterocycles. The van der Waals surface area contributed by atoms with Crippen molar-refractivity contribution in [1.82, 2.24) is 14.7 Å². The Morgan fingerprint density at radius 3 is 2.42 bits per heavy atom. The van der Waals surface area contributed by atoms with Crippen LogP contribution in [0.5, 0.6) is 0 Å². The number of amides is 1. The lowest BCUT2D eigenvalue weighted by Gasteiger charge is -2.39. The normalized spacial score (nSPS) is 14.7. The van der Waals surface area contributed by atoms with Crippen LogP contribution in [0.2, 0.25) is 10.0 Å². The van der Waals surface area contributed by atoms with Crippen LogP contribution in [0.15, 0.2) is 52.6 Å². The Kier molecular flexibility index (Phi) is 6.10. The predicted molar refractivity (Wildman–Crippen MR) is 126 cm³/mol. The van der Waals surface area contributed by atoms with E-state index < -0.39 is 5.54 Å². The summed E-state index contributed by atoms with van der Waals surface area (Å²) in [6.45, 7) is 5.90. The van der Waals surface area contributed by atoms with Crippen molar-refractivity contribution >= 4 is 46.1 Å². The van der Waals surface area contributed by atoms with Gasteiger partial charge < -0.3 is 9.80 Å².